The second-order valence-electron chi connectivity index (χ2n) is 4.99. The Hall–Kier alpha value is -2.62. The highest BCUT2D eigenvalue weighted by Gasteiger charge is 2.01. The number of nitrogens with one attached hydrogen (secondary N) is 1. The van der Waals surface area contributed by atoms with Crippen molar-refractivity contribution < 1.29 is 9.53 Å². The Bertz CT molecular complexity index is 648. The molecule has 0 saturated carbocycles. The van der Waals surface area contributed by atoms with Crippen molar-refractivity contribution in [2.45, 2.75) is 20.3 Å². The highest BCUT2D eigenvalue weighted by atomic mass is 16.5. The van der Waals surface area contributed by atoms with E-state index in [1.807, 2.05) is 55.5 Å². The van der Waals surface area contributed by atoms with Crippen LogP contribution in [0, 0.1) is 6.92 Å². The minimum atomic E-state index is -0.289. The zero-order valence-electron chi connectivity index (χ0n) is 12.9. The van der Waals surface area contributed by atoms with Gasteiger partial charge in [0.25, 0.3) is 5.91 Å². The molecule has 4 nitrogen and oxygen atoms in total. The van der Waals surface area contributed by atoms with Gasteiger partial charge in [-0.05, 0) is 42.2 Å². The molecule has 1 N–H and O–H groups in total. The second kappa shape index (κ2) is 7.98. The summed E-state index contributed by atoms with van der Waals surface area (Å²) in [4.78, 5) is 11.6. The van der Waals surface area contributed by atoms with Gasteiger partial charge in [-0.25, -0.2) is 5.43 Å². The van der Waals surface area contributed by atoms with E-state index in [1.54, 1.807) is 6.21 Å². The number of aryl methyl sites for hydroxylation is 2. The van der Waals surface area contributed by atoms with Crippen LogP contribution >= 0.6 is 0 Å². The first-order chi connectivity index (χ1) is 10.7. The Labute approximate surface area is 130 Å². The third kappa shape index (κ3) is 5.05. The molecule has 2 aromatic carbocycles. The van der Waals surface area contributed by atoms with Crippen molar-refractivity contribution in [2.75, 3.05) is 6.61 Å². The van der Waals surface area contributed by atoms with Crippen molar-refractivity contribution in [2.24, 2.45) is 5.10 Å². The van der Waals surface area contributed by atoms with Crippen LogP contribution in [0.25, 0.3) is 0 Å². The smallest absolute Gasteiger partial charge is 0.277 e. The Kier molecular flexibility index (Phi) is 5.72. The molecule has 0 spiro atoms. The van der Waals surface area contributed by atoms with Gasteiger partial charge in [-0.15, -0.1) is 0 Å². The van der Waals surface area contributed by atoms with Crippen molar-refractivity contribution in [3.63, 3.8) is 0 Å². The Morgan fingerprint density at radius 2 is 2.00 bits per heavy atom. The monoisotopic (exact) mass is 296 g/mol. The van der Waals surface area contributed by atoms with Gasteiger partial charge in [-0.3, -0.25) is 4.79 Å². The molecule has 0 radical (unpaired) electrons. The molecule has 0 aromatic heterocycles. The zero-order valence-corrected chi connectivity index (χ0v) is 12.9. The Morgan fingerprint density at radius 3 is 2.68 bits per heavy atom. The molecule has 0 atom stereocenters. The molecule has 0 aliphatic heterocycles. The number of carbonyl (C=O) groups excluding carboxylic acids is 1. The average Bonchev–Trinajstić information content (AvgIpc) is 2.54. The third-order valence-electron chi connectivity index (χ3n) is 3.15. The molecule has 4 heteroatoms. The van der Waals surface area contributed by atoms with Crippen LogP contribution in [0.2, 0.25) is 0 Å². The van der Waals surface area contributed by atoms with E-state index in [0.717, 1.165) is 17.5 Å². The first-order valence-corrected chi connectivity index (χ1v) is 7.27. The van der Waals surface area contributed by atoms with Gasteiger partial charge in [0, 0.05) is 0 Å². The molecule has 1 amide bonds. The first kappa shape index (κ1) is 15.8. The number of hydrazone groups is 1. The van der Waals surface area contributed by atoms with Crippen LogP contribution in [0.1, 0.15) is 23.6 Å². The zero-order chi connectivity index (χ0) is 15.8. The average molecular weight is 296 g/mol. The van der Waals surface area contributed by atoms with Crippen LogP contribution in [0.4, 0.5) is 0 Å². The molecule has 0 aliphatic rings. The lowest BCUT2D eigenvalue weighted by atomic mass is 10.1. The summed E-state index contributed by atoms with van der Waals surface area (Å²) in [5, 5.41) is 3.92. The van der Waals surface area contributed by atoms with Crippen LogP contribution < -0.4 is 10.2 Å². The van der Waals surface area contributed by atoms with E-state index in [0.29, 0.717) is 5.75 Å². The molecule has 0 saturated heterocycles. The van der Waals surface area contributed by atoms with Gasteiger partial charge >= 0.3 is 0 Å². The lowest BCUT2D eigenvalue weighted by molar-refractivity contribution is -0.123. The third-order valence-corrected chi connectivity index (χ3v) is 3.15. The maximum atomic E-state index is 11.6. The van der Waals surface area contributed by atoms with E-state index in [1.165, 1.54) is 5.56 Å². The number of benzene rings is 2. The fraction of sp³-hybridized carbons (Fsp3) is 0.222. The SMILES string of the molecule is CCc1ccc(/C=N\NC(=O)COc2cccc(C)c2)cc1. The number of nitrogens with zero attached hydrogens (tertiary/aromatic N) is 1. The topological polar surface area (TPSA) is 50.7 Å². The summed E-state index contributed by atoms with van der Waals surface area (Å²) >= 11 is 0. The molecule has 2 aromatic rings. The summed E-state index contributed by atoms with van der Waals surface area (Å²) < 4.78 is 5.40. The molecule has 22 heavy (non-hydrogen) atoms. The van der Waals surface area contributed by atoms with E-state index >= 15 is 0 Å². The highest BCUT2D eigenvalue weighted by Crippen LogP contribution is 2.11. The summed E-state index contributed by atoms with van der Waals surface area (Å²) in [5.74, 6) is 0.386. The fourth-order valence-corrected chi connectivity index (χ4v) is 1.90. The molecular weight excluding hydrogens is 276 g/mol. The number of amides is 1. The number of carbonyl (C=O) groups is 1. The number of hydrogen-bond acceptors (Lipinski definition) is 3. The maximum absolute atomic E-state index is 11.6. The van der Waals surface area contributed by atoms with E-state index in [4.69, 9.17) is 4.74 Å². The van der Waals surface area contributed by atoms with Gasteiger partial charge in [0.2, 0.25) is 0 Å². The predicted octanol–water partition coefficient (Wildman–Crippen LogP) is 3.09. The van der Waals surface area contributed by atoms with Gasteiger partial charge in [0.1, 0.15) is 5.75 Å². The quantitative estimate of drug-likeness (QED) is 0.658. The number of hydrogen-bond donors (Lipinski definition) is 1. The van der Waals surface area contributed by atoms with Gasteiger partial charge < -0.3 is 4.74 Å². The van der Waals surface area contributed by atoms with Gasteiger partial charge in [-0.2, -0.15) is 5.10 Å². The Balaban J connectivity index is 1.78. The predicted molar refractivity (Wildman–Crippen MR) is 88.2 cm³/mol. The summed E-state index contributed by atoms with van der Waals surface area (Å²) in [6.45, 7) is 4.02. The lowest BCUT2D eigenvalue weighted by Gasteiger charge is -2.05. The van der Waals surface area contributed by atoms with Gasteiger partial charge in [-0.1, -0.05) is 43.3 Å². The molecule has 0 aliphatic carbocycles. The number of ether oxygens (including phenoxy) is 1. The minimum Gasteiger partial charge on any atom is -0.484 e. The summed E-state index contributed by atoms with van der Waals surface area (Å²) in [6.07, 6.45) is 2.62. The van der Waals surface area contributed by atoms with Crippen molar-refractivity contribution in [3.8, 4) is 5.75 Å². The molecule has 0 unspecified atom stereocenters. The van der Waals surface area contributed by atoms with Crippen LogP contribution in [0.3, 0.4) is 0 Å². The van der Waals surface area contributed by atoms with E-state index in [9.17, 15) is 4.79 Å². The molecule has 0 fully saturated rings. The molecule has 0 bridgehead atoms. The molecule has 2 rings (SSSR count). The Morgan fingerprint density at radius 1 is 1.23 bits per heavy atom. The highest BCUT2D eigenvalue weighted by molar-refractivity contribution is 5.82. The first-order valence-electron chi connectivity index (χ1n) is 7.27. The molecular formula is C18H20N2O2. The summed E-state index contributed by atoms with van der Waals surface area (Å²) in [7, 11) is 0. The van der Waals surface area contributed by atoms with Gasteiger partial charge in [0.15, 0.2) is 6.61 Å². The van der Waals surface area contributed by atoms with Gasteiger partial charge in [0.05, 0.1) is 6.21 Å². The van der Waals surface area contributed by atoms with Crippen molar-refractivity contribution >= 4 is 12.1 Å². The minimum absolute atomic E-state index is 0.0600. The number of rotatable bonds is 6. The fourth-order valence-electron chi connectivity index (χ4n) is 1.90. The van der Waals surface area contributed by atoms with Crippen molar-refractivity contribution in [1.82, 2.24) is 5.43 Å². The van der Waals surface area contributed by atoms with Crippen LogP contribution in [0.5, 0.6) is 5.75 Å². The van der Waals surface area contributed by atoms with Crippen LogP contribution in [-0.2, 0) is 11.2 Å². The summed E-state index contributed by atoms with van der Waals surface area (Å²) in [5.41, 5.74) is 5.75. The maximum Gasteiger partial charge on any atom is 0.277 e. The molecule has 0 heterocycles. The van der Waals surface area contributed by atoms with E-state index in [2.05, 4.69) is 17.5 Å². The van der Waals surface area contributed by atoms with E-state index < -0.39 is 0 Å². The van der Waals surface area contributed by atoms with Crippen LogP contribution in [-0.4, -0.2) is 18.7 Å². The van der Waals surface area contributed by atoms with Crippen molar-refractivity contribution in [1.29, 1.82) is 0 Å². The second-order valence-corrected chi connectivity index (χ2v) is 4.99. The van der Waals surface area contributed by atoms with Crippen LogP contribution in [0.15, 0.2) is 53.6 Å². The standard InChI is InChI=1S/C18H20N2O2/c1-3-15-7-9-16(10-8-15)12-19-20-18(21)13-22-17-6-4-5-14(2)11-17/h4-12H,3,13H2,1-2H3,(H,20,21)/b19-12-. The lowest BCUT2D eigenvalue weighted by Crippen LogP contribution is -2.24. The van der Waals surface area contributed by atoms with E-state index in [-0.39, 0.29) is 12.5 Å². The molecule has 114 valence electrons. The van der Waals surface area contributed by atoms with Crippen molar-refractivity contribution in [3.05, 3.63) is 65.2 Å². The normalized spacial score (nSPS) is 10.6. The largest absolute Gasteiger partial charge is 0.484 e. The summed E-state index contributed by atoms with van der Waals surface area (Å²) in [6, 6.07) is 15.6.